The highest BCUT2D eigenvalue weighted by atomic mass is 16.5. The molecular weight excluding hydrogens is 254 g/mol. The summed E-state index contributed by atoms with van der Waals surface area (Å²) < 4.78 is 9.96. The van der Waals surface area contributed by atoms with E-state index >= 15 is 0 Å². The number of hydrogen-bond donors (Lipinski definition) is 1. The summed E-state index contributed by atoms with van der Waals surface area (Å²) in [6, 6.07) is 2.14. The van der Waals surface area contributed by atoms with Crippen LogP contribution in [0.2, 0.25) is 0 Å². The fourth-order valence-electron chi connectivity index (χ4n) is 3.00. The predicted octanol–water partition coefficient (Wildman–Crippen LogP) is 1.03. The minimum atomic E-state index is 0.321. The van der Waals surface area contributed by atoms with Gasteiger partial charge in [-0.1, -0.05) is 0 Å². The lowest BCUT2D eigenvalue weighted by Crippen LogP contribution is -2.28. The Labute approximate surface area is 117 Å². The fraction of sp³-hybridized carbons (Fsp3) is 0.571. The van der Waals surface area contributed by atoms with Gasteiger partial charge in [0.15, 0.2) is 5.82 Å². The van der Waals surface area contributed by atoms with Gasteiger partial charge in [-0.25, -0.2) is 4.98 Å². The van der Waals surface area contributed by atoms with E-state index in [4.69, 9.17) is 4.74 Å². The number of hydrogen-bond acceptors (Lipinski definition) is 4. The summed E-state index contributed by atoms with van der Waals surface area (Å²) in [6.45, 7) is 4.56. The Bertz CT molecular complexity index is 573. The Kier molecular flexibility index (Phi) is 3.05. The summed E-state index contributed by atoms with van der Waals surface area (Å²) in [5, 5.41) is 8.05. The Morgan fingerprint density at radius 3 is 3.30 bits per heavy atom. The number of imidazole rings is 1. The largest absolute Gasteiger partial charge is 0.376 e. The molecule has 0 amide bonds. The molecule has 4 heterocycles. The Morgan fingerprint density at radius 2 is 2.45 bits per heavy atom. The lowest BCUT2D eigenvalue weighted by molar-refractivity contribution is 0.0973. The van der Waals surface area contributed by atoms with Crippen LogP contribution in [0.1, 0.15) is 18.5 Å². The molecule has 1 N–H and O–H groups in total. The van der Waals surface area contributed by atoms with Crippen LogP contribution < -0.4 is 5.32 Å². The average Bonchev–Trinajstić information content (AvgIpc) is 3.18. The molecule has 4 rings (SSSR count). The third-order valence-electron chi connectivity index (χ3n) is 4.04. The van der Waals surface area contributed by atoms with Crippen molar-refractivity contribution >= 4 is 0 Å². The minimum Gasteiger partial charge on any atom is -0.376 e. The molecule has 1 atom stereocenters. The normalized spacial score (nSPS) is 22.1. The molecule has 0 spiro atoms. The summed E-state index contributed by atoms with van der Waals surface area (Å²) in [5.74, 6) is 0.947. The number of ether oxygens (including phenoxy) is 1. The molecule has 106 valence electrons. The van der Waals surface area contributed by atoms with Gasteiger partial charge in [0.2, 0.25) is 0 Å². The maximum atomic E-state index is 5.71. The first-order chi connectivity index (χ1) is 9.90. The molecule has 0 bridgehead atoms. The lowest BCUT2D eigenvalue weighted by atomic mass is 10.2. The average molecular weight is 273 g/mol. The molecule has 6 heteroatoms. The van der Waals surface area contributed by atoms with E-state index in [-0.39, 0.29) is 0 Å². The fourth-order valence-corrected chi connectivity index (χ4v) is 3.00. The maximum Gasteiger partial charge on any atom is 0.160 e. The number of nitrogens with one attached hydrogen (secondary N) is 1. The van der Waals surface area contributed by atoms with Crippen molar-refractivity contribution in [3.63, 3.8) is 0 Å². The predicted molar refractivity (Wildman–Crippen MR) is 74.1 cm³/mol. The van der Waals surface area contributed by atoms with Gasteiger partial charge in [0.1, 0.15) is 5.69 Å². The summed E-state index contributed by atoms with van der Waals surface area (Å²) >= 11 is 0. The highest BCUT2D eigenvalue weighted by Gasteiger charge is 2.20. The van der Waals surface area contributed by atoms with Crippen LogP contribution in [0, 0.1) is 0 Å². The molecule has 2 aliphatic heterocycles. The van der Waals surface area contributed by atoms with Gasteiger partial charge in [-0.3, -0.25) is 4.68 Å². The first kappa shape index (κ1) is 12.1. The molecule has 0 aromatic carbocycles. The second-order valence-corrected chi connectivity index (χ2v) is 5.46. The van der Waals surface area contributed by atoms with Gasteiger partial charge < -0.3 is 14.6 Å². The van der Waals surface area contributed by atoms with Gasteiger partial charge in [0.25, 0.3) is 0 Å². The first-order valence-electron chi connectivity index (χ1n) is 7.31. The monoisotopic (exact) mass is 273 g/mol. The highest BCUT2D eigenvalue weighted by molar-refractivity contribution is 5.50. The Hall–Kier alpha value is -1.66. The molecule has 0 unspecified atom stereocenters. The summed E-state index contributed by atoms with van der Waals surface area (Å²) in [6.07, 6.45) is 6.50. The van der Waals surface area contributed by atoms with Crippen molar-refractivity contribution in [2.75, 3.05) is 13.2 Å². The Morgan fingerprint density at radius 1 is 1.45 bits per heavy atom. The minimum absolute atomic E-state index is 0.321. The van der Waals surface area contributed by atoms with Crippen LogP contribution in [0.3, 0.4) is 0 Å². The molecule has 6 nitrogen and oxygen atoms in total. The third kappa shape index (κ3) is 2.14. The SMILES string of the molecule is c1cn(C[C@@H]2CCCO2)c(-c2cc3n(n2)CCNC3)n1. The first-order valence-corrected chi connectivity index (χ1v) is 7.31. The topological polar surface area (TPSA) is 56.9 Å². The van der Waals surface area contributed by atoms with Crippen LogP contribution in [0.5, 0.6) is 0 Å². The van der Waals surface area contributed by atoms with Crippen molar-refractivity contribution in [2.24, 2.45) is 0 Å². The summed E-state index contributed by atoms with van der Waals surface area (Å²) in [7, 11) is 0. The van der Waals surface area contributed by atoms with E-state index in [1.54, 1.807) is 0 Å². The molecule has 1 saturated heterocycles. The van der Waals surface area contributed by atoms with Gasteiger partial charge in [-0.2, -0.15) is 5.10 Å². The number of nitrogens with zero attached hydrogens (tertiary/aromatic N) is 4. The van der Waals surface area contributed by atoms with Crippen molar-refractivity contribution in [1.29, 1.82) is 0 Å². The smallest absolute Gasteiger partial charge is 0.160 e. The Balaban J connectivity index is 1.61. The second kappa shape index (κ2) is 5.03. The van der Waals surface area contributed by atoms with Crippen molar-refractivity contribution in [2.45, 2.75) is 38.6 Å². The van der Waals surface area contributed by atoms with E-state index < -0.39 is 0 Å². The van der Waals surface area contributed by atoms with Gasteiger partial charge >= 0.3 is 0 Å². The molecular formula is C14H19N5O. The van der Waals surface area contributed by atoms with Crippen LogP contribution in [-0.2, 0) is 24.4 Å². The lowest BCUT2D eigenvalue weighted by Gasteiger charge is -2.13. The van der Waals surface area contributed by atoms with Crippen molar-refractivity contribution in [3.05, 3.63) is 24.2 Å². The van der Waals surface area contributed by atoms with Crippen molar-refractivity contribution in [1.82, 2.24) is 24.6 Å². The second-order valence-electron chi connectivity index (χ2n) is 5.46. The van der Waals surface area contributed by atoms with Crippen LogP contribution in [0.15, 0.2) is 18.5 Å². The van der Waals surface area contributed by atoms with E-state index in [1.807, 2.05) is 12.4 Å². The zero-order valence-corrected chi connectivity index (χ0v) is 11.5. The standard InChI is InChI=1S/C14H19N5O/c1-2-12(20-7-1)10-18-5-4-16-14(18)13-8-11-9-15-3-6-19(11)17-13/h4-5,8,12,15H,1-3,6-7,9-10H2/t12-/m0/s1. The molecule has 2 aliphatic rings. The van der Waals surface area contributed by atoms with Gasteiger partial charge in [-0.15, -0.1) is 0 Å². The van der Waals surface area contributed by atoms with E-state index in [2.05, 4.69) is 30.7 Å². The van der Waals surface area contributed by atoms with Crippen molar-refractivity contribution < 1.29 is 4.74 Å². The molecule has 20 heavy (non-hydrogen) atoms. The van der Waals surface area contributed by atoms with Gasteiger partial charge in [-0.05, 0) is 18.9 Å². The van der Waals surface area contributed by atoms with E-state index in [0.717, 1.165) is 50.7 Å². The van der Waals surface area contributed by atoms with Crippen LogP contribution in [-0.4, -0.2) is 38.6 Å². The van der Waals surface area contributed by atoms with Crippen LogP contribution >= 0.6 is 0 Å². The van der Waals surface area contributed by atoms with Crippen LogP contribution in [0.4, 0.5) is 0 Å². The molecule has 2 aromatic heterocycles. The molecule has 0 radical (unpaired) electrons. The van der Waals surface area contributed by atoms with Crippen LogP contribution in [0.25, 0.3) is 11.5 Å². The molecule has 0 aliphatic carbocycles. The summed E-state index contributed by atoms with van der Waals surface area (Å²) in [4.78, 5) is 4.48. The number of fused-ring (bicyclic) bond motifs is 1. The van der Waals surface area contributed by atoms with Gasteiger partial charge in [0, 0.05) is 32.1 Å². The third-order valence-corrected chi connectivity index (χ3v) is 4.04. The molecule has 0 saturated carbocycles. The number of rotatable bonds is 3. The zero-order chi connectivity index (χ0) is 13.4. The molecule has 1 fully saturated rings. The van der Waals surface area contributed by atoms with Crippen molar-refractivity contribution in [3.8, 4) is 11.5 Å². The molecule has 2 aromatic rings. The van der Waals surface area contributed by atoms with E-state index in [1.165, 1.54) is 12.1 Å². The quantitative estimate of drug-likeness (QED) is 0.907. The van der Waals surface area contributed by atoms with Gasteiger partial charge in [0.05, 0.1) is 24.9 Å². The zero-order valence-electron chi connectivity index (χ0n) is 11.5. The van der Waals surface area contributed by atoms with E-state index in [9.17, 15) is 0 Å². The summed E-state index contributed by atoms with van der Waals surface area (Å²) in [5.41, 5.74) is 2.20. The highest BCUT2D eigenvalue weighted by Crippen LogP contribution is 2.21. The van der Waals surface area contributed by atoms with E-state index in [0.29, 0.717) is 6.10 Å². The number of aromatic nitrogens is 4. The maximum absolute atomic E-state index is 5.71.